The Kier molecular flexibility index (Phi) is 10.3. The number of carboxylic acids is 2. The summed E-state index contributed by atoms with van der Waals surface area (Å²) in [7, 11) is 2.85. The average molecular weight is 396 g/mol. The van der Waals surface area contributed by atoms with Crippen LogP contribution >= 0.6 is 21.6 Å². The monoisotopic (exact) mass is 396 g/mol. The van der Waals surface area contributed by atoms with Crippen LogP contribution in [-0.2, 0) is 14.4 Å². The van der Waals surface area contributed by atoms with E-state index in [1.54, 1.807) is 0 Å². The fourth-order valence-corrected chi connectivity index (χ4v) is 3.71. The lowest BCUT2D eigenvalue weighted by Crippen LogP contribution is -2.53. The van der Waals surface area contributed by atoms with Gasteiger partial charge in [-0.05, 0) is 0 Å². The van der Waals surface area contributed by atoms with Gasteiger partial charge in [0, 0.05) is 17.0 Å². The summed E-state index contributed by atoms with van der Waals surface area (Å²) in [6.07, 6.45) is 0. The maximum Gasteiger partial charge on any atom is 0.322 e. The second-order valence-electron chi connectivity index (χ2n) is 5.94. The van der Waals surface area contributed by atoms with Crippen LogP contribution in [0.3, 0.4) is 0 Å². The molecule has 0 spiro atoms. The molecule has 25 heavy (non-hydrogen) atoms. The Balaban J connectivity index is 4.64. The lowest BCUT2D eigenvalue weighted by Gasteiger charge is -2.21. The number of carbonyl (C=O) groups is 4. The molecular formula is C13H24N4O6S2. The zero-order chi connectivity index (χ0) is 19.6. The smallest absolute Gasteiger partial charge is 0.322 e. The summed E-state index contributed by atoms with van der Waals surface area (Å²) in [4.78, 5) is 45.0. The average Bonchev–Trinajstić information content (AvgIpc) is 2.47. The zero-order valence-corrected chi connectivity index (χ0v) is 15.8. The molecule has 2 atom stereocenters. The highest BCUT2D eigenvalue weighted by Gasteiger charge is 2.23. The summed E-state index contributed by atoms with van der Waals surface area (Å²) in [5.74, 6) is -2.93. The number of rotatable bonds is 10. The van der Waals surface area contributed by atoms with E-state index in [-0.39, 0.29) is 17.0 Å². The van der Waals surface area contributed by atoms with Gasteiger partial charge in [-0.2, -0.15) is 0 Å². The Morgan fingerprint density at radius 2 is 1.72 bits per heavy atom. The standard InChI is InChI=1S/C13H24N4O6S2/c1-13(2,3)25-24-6-8(10(20)15-5-9(18)19)17-12(23)16-4-7(14)11(21)22/h7-8H,4-6,14H2,1-3H3,(H,15,20)(H,18,19)(H,21,22)(H2,16,17,23). The summed E-state index contributed by atoms with van der Waals surface area (Å²) in [6, 6.07) is -3.02. The van der Waals surface area contributed by atoms with E-state index in [1.807, 2.05) is 20.8 Å². The minimum absolute atomic E-state index is 0.0662. The van der Waals surface area contributed by atoms with E-state index in [0.717, 1.165) is 0 Å². The lowest BCUT2D eigenvalue weighted by atomic mass is 10.3. The van der Waals surface area contributed by atoms with Gasteiger partial charge in [0.05, 0.1) is 0 Å². The molecule has 0 aliphatic carbocycles. The molecule has 0 bridgehead atoms. The maximum absolute atomic E-state index is 12.0. The Morgan fingerprint density at radius 1 is 1.12 bits per heavy atom. The van der Waals surface area contributed by atoms with Gasteiger partial charge in [-0.3, -0.25) is 14.4 Å². The first-order valence-electron chi connectivity index (χ1n) is 7.25. The predicted octanol–water partition coefficient (Wildman–Crippen LogP) is -0.553. The normalized spacial score (nSPS) is 13.4. The molecule has 0 fully saturated rings. The number of carboxylic acid groups (broad SMARTS) is 2. The van der Waals surface area contributed by atoms with E-state index in [2.05, 4.69) is 16.0 Å². The van der Waals surface area contributed by atoms with E-state index in [9.17, 15) is 19.2 Å². The molecule has 0 aromatic carbocycles. The van der Waals surface area contributed by atoms with E-state index in [4.69, 9.17) is 15.9 Å². The molecule has 0 aliphatic heterocycles. The third-order valence-electron chi connectivity index (χ3n) is 2.38. The number of aliphatic carboxylic acids is 2. The van der Waals surface area contributed by atoms with Crippen molar-refractivity contribution in [1.82, 2.24) is 16.0 Å². The molecule has 0 rings (SSSR count). The van der Waals surface area contributed by atoms with Crippen molar-refractivity contribution in [3.05, 3.63) is 0 Å². The van der Waals surface area contributed by atoms with Gasteiger partial charge in [-0.25, -0.2) is 4.79 Å². The summed E-state index contributed by atoms with van der Waals surface area (Å²) in [5.41, 5.74) is 5.27. The van der Waals surface area contributed by atoms with Crippen LogP contribution < -0.4 is 21.7 Å². The maximum atomic E-state index is 12.0. The highest BCUT2D eigenvalue weighted by molar-refractivity contribution is 8.77. The summed E-state index contributed by atoms with van der Waals surface area (Å²) in [5, 5.41) is 24.1. The first kappa shape index (κ1) is 23.3. The number of nitrogens with one attached hydrogen (secondary N) is 3. The van der Waals surface area contributed by atoms with Crippen molar-refractivity contribution in [2.75, 3.05) is 18.8 Å². The van der Waals surface area contributed by atoms with Gasteiger partial charge >= 0.3 is 18.0 Å². The van der Waals surface area contributed by atoms with Crippen molar-refractivity contribution in [3.63, 3.8) is 0 Å². The third kappa shape index (κ3) is 12.4. The van der Waals surface area contributed by atoms with Gasteiger partial charge in [-0.15, -0.1) is 0 Å². The number of urea groups is 1. The summed E-state index contributed by atoms with van der Waals surface area (Å²) in [6.45, 7) is 5.07. The van der Waals surface area contributed by atoms with Crippen molar-refractivity contribution < 1.29 is 29.4 Å². The van der Waals surface area contributed by atoms with Crippen molar-refractivity contribution in [1.29, 1.82) is 0 Å². The van der Waals surface area contributed by atoms with Crippen molar-refractivity contribution in [2.24, 2.45) is 5.73 Å². The van der Waals surface area contributed by atoms with E-state index in [0.29, 0.717) is 0 Å². The molecule has 2 unspecified atom stereocenters. The van der Waals surface area contributed by atoms with Gasteiger partial charge in [0.15, 0.2) is 0 Å². The summed E-state index contributed by atoms with van der Waals surface area (Å²) < 4.78 is -0.0662. The van der Waals surface area contributed by atoms with Crippen LogP contribution in [-0.4, -0.2) is 69.8 Å². The molecule has 0 heterocycles. The summed E-state index contributed by atoms with van der Waals surface area (Å²) >= 11 is 0. The van der Waals surface area contributed by atoms with Crippen molar-refractivity contribution in [2.45, 2.75) is 37.6 Å². The Labute approximate surface area is 153 Å². The molecule has 0 aromatic heterocycles. The van der Waals surface area contributed by atoms with Gasteiger partial charge in [0.1, 0.15) is 18.6 Å². The molecule has 12 heteroatoms. The van der Waals surface area contributed by atoms with Gasteiger partial charge in [-0.1, -0.05) is 42.4 Å². The van der Waals surface area contributed by atoms with Crippen LogP contribution in [0, 0.1) is 0 Å². The quantitative estimate of drug-likeness (QED) is 0.265. The van der Waals surface area contributed by atoms with Crippen molar-refractivity contribution >= 4 is 45.5 Å². The number of carbonyl (C=O) groups excluding carboxylic acids is 2. The number of nitrogens with two attached hydrogens (primary N) is 1. The molecule has 0 radical (unpaired) electrons. The first-order valence-corrected chi connectivity index (χ1v) is 9.57. The van der Waals surface area contributed by atoms with Crippen LogP contribution in [0.15, 0.2) is 0 Å². The predicted molar refractivity (Wildman–Crippen MR) is 96.4 cm³/mol. The van der Waals surface area contributed by atoms with E-state index < -0.39 is 42.5 Å². The second kappa shape index (κ2) is 11.1. The lowest BCUT2D eigenvalue weighted by molar-refractivity contribution is -0.138. The Bertz CT molecular complexity index is 497. The highest BCUT2D eigenvalue weighted by Crippen LogP contribution is 2.35. The molecule has 0 saturated heterocycles. The molecule has 144 valence electrons. The fourth-order valence-electron chi connectivity index (χ4n) is 1.25. The van der Waals surface area contributed by atoms with Gasteiger partial charge in [0.2, 0.25) is 5.91 Å². The topological polar surface area (TPSA) is 171 Å². The molecular weight excluding hydrogens is 372 g/mol. The van der Waals surface area contributed by atoms with Gasteiger partial charge < -0.3 is 31.9 Å². The molecule has 3 amide bonds. The van der Waals surface area contributed by atoms with Gasteiger partial charge in [0.25, 0.3) is 0 Å². The third-order valence-corrected chi connectivity index (χ3v) is 5.73. The number of hydrogen-bond donors (Lipinski definition) is 6. The SMILES string of the molecule is CC(C)(C)SSCC(NC(=O)NCC(N)C(=O)O)C(=O)NCC(=O)O. The number of amides is 3. The van der Waals surface area contributed by atoms with E-state index in [1.165, 1.54) is 21.6 Å². The molecule has 10 nitrogen and oxygen atoms in total. The Morgan fingerprint density at radius 3 is 2.20 bits per heavy atom. The highest BCUT2D eigenvalue weighted by atomic mass is 33.1. The van der Waals surface area contributed by atoms with Crippen LogP contribution in [0.25, 0.3) is 0 Å². The first-order chi connectivity index (χ1) is 11.4. The minimum Gasteiger partial charge on any atom is -0.480 e. The molecule has 0 saturated carbocycles. The van der Waals surface area contributed by atoms with Crippen LogP contribution in [0.4, 0.5) is 4.79 Å². The van der Waals surface area contributed by atoms with E-state index >= 15 is 0 Å². The van der Waals surface area contributed by atoms with Crippen LogP contribution in [0.1, 0.15) is 20.8 Å². The molecule has 0 aliphatic rings. The van der Waals surface area contributed by atoms with Crippen LogP contribution in [0.2, 0.25) is 0 Å². The molecule has 0 aromatic rings. The number of hydrogen-bond acceptors (Lipinski definition) is 7. The molecule has 7 N–H and O–H groups in total. The van der Waals surface area contributed by atoms with Crippen LogP contribution in [0.5, 0.6) is 0 Å². The zero-order valence-electron chi connectivity index (χ0n) is 14.2. The Hall–Kier alpha value is -1.66. The minimum atomic E-state index is -1.27. The second-order valence-corrected chi connectivity index (χ2v) is 9.11. The largest absolute Gasteiger partial charge is 0.480 e. The fraction of sp³-hybridized carbons (Fsp3) is 0.692. The van der Waals surface area contributed by atoms with Crippen molar-refractivity contribution in [3.8, 4) is 0 Å².